The molecule has 0 radical (unpaired) electrons. The zero-order valence-electron chi connectivity index (χ0n) is 38.0. The highest BCUT2D eigenvalue weighted by molar-refractivity contribution is 5.60. The summed E-state index contributed by atoms with van der Waals surface area (Å²) >= 11 is 0. The average molecular weight is 977 g/mol. The monoisotopic (exact) mass is 976 g/mol. The van der Waals surface area contributed by atoms with Crippen molar-refractivity contribution in [3.63, 3.8) is 0 Å². The fourth-order valence-corrected chi connectivity index (χ4v) is 9.21. The molecule has 16 heteroatoms. The van der Waals surface area contributed by atoms with Crippen LogP contribution in [0.2, 0.25) is 0 Å². The Hall–Kier alpha value is -9.44. The topological polar surface area (TPSA) is 324 Å². The van der Waals surface area contributed by atoms with Gasteiger partial charge in [-0.3, -0.25) is 0 Å². The molecule has 0 saturated heterocycles. The lowest BCUT2D eigenvalue weighted by Gasteiger charge is -2.16. The van der Waals surface area contributed by atoms with E-state index in [1.54, 1.807) is 0 Å². The molecular weight excluding hydrogens is 929 g/mol. The molecule has 0 aliphatic heterocycles. The summed E-state index contributed by atoms with van der Waals surface area (Å²) in [5.41, 5.74) is 2.58. The third-order valence-corrected chi connectivity index (χ3v) is 13.3. The molecule has 0 amide bonds. The van der Waals surface area contributed by atoms with Gasteiger partial charge in [0, 0.05) is 140 Å². The average Bonchev–Trinajstić information content (AvgIpc) is 3.30. The molecule has 22 aliphatic rings. The van der Waals surface area contributed by atoms with Crippen molar-refractivity contribution in [2.24, 2.45) is 0 Å². The first kappa shape index (κ1) is 47.6. The molecule has 30 rings (SSSR count). The summed E-state index contributed by atoms with van der Waals surface area (Å²) in [7, 11) is 0. The standard InChI is InChI=1S/C56H48O16/c57-41-11-27-2-29-13-47(63)31(15-45(29)61)4-33-17-51(67)35(19-49(33)65)6-37-21-55(71)39(23-53(37)69)8-40-24-54(70)38(22-56(40)72)7-36-20-50(66)34(18-52(36)68)5-32-16-46(62)30(14-48(32)64)3-28-12-42(58)26(10-44(28)60)1-25(41)9-43(27)59/h9-24,57-72H,1-8H2. The van der Waals surface area contributed by atoms with Gasteiger partial charge in [-0.15, -0.1) is 0 Å². The number of phenolic OH excluding ortho intramolecular Hbond substituents is 16. The van der Waals surface area contributed by atoms with Crippen LogP contribution in [-0.2, 0) is 51.4 Å². The highest BCUT2D eigenvalue weighted by atomic mass is 16.3. The van der Waals surface area contributed by atoms with E-state index in [9.17, 15) is 81.7 Å². The molecule has 0 aromatic heterocycles. The Morgan fingerprint density at radius 2 is 0.181 bits per heavy atom. The van der Waals surface area contributed by atoms with Crippen LogP contribution in [0.25, 0.3) is 0 Å². The van der Waals surface area contributed by atoms with E-state index in [2.05, 4.69) is 0 Å². The number of hydrogen-bond donors (Lipinski definition) is 16. The highest BCUT2D eigenvalue weighted by Crippen LogP contribution is 2.43. The molecular formula is C56H48O16. The van der Waals surface area contributed by atoms with Gasteiger partial charge in [-0.2, -0.15) is 0 Å². The van der Waals surface area contributed by atoms with Crippen molar-refractivity contribution < 1.29 is 81.7 Å². The highest BCUT2D eigenvalue weighted by Gasteiger charge is 2.22. The Morgan fingerprint density at radius 3 is 0.236 bits per heavy atom. The van der Waals surface area contributed by atoms with Gasteiger partial charge in [0.2, 0.25) is 0 Å². The zero-order chi connectivity index (χ0) is 51.4. The summed E-state index contributed by atoms with van der Waals surface area (Å²) < 4.78 is 0. The predicted octanol–water partition coefficient (Wildman–Crippen LogP) is 8.02. The summed E-state index contributed by atoms with van der Waals surface area (Å²) in [5.74, 6) is -4.74. The normalized spacial score (nSPS) is 12.9. The van der Waals surface area contributed by atoms with E-state index in [-0.39, 0.29) is 232 Å². The van der Waals surface area contributed by atoms with Gasteiger partial charge in [0.15, 0.2) is 0 Å². The lowest BCUT2D eigenvalue weighted by atomic mass is 9.93. The van der Waals surface area contributed by atoms with Crippen LogP contribution < -0.4 is 0 Å². The van der Waals surface area contributed by atoms with Crippen molar-refractivity contribution in [1.29, 1.82) is 0 Å². The van der Waals surface area contributed by atoms with Crippen molar-refractivity contribution in [3.8, 4) is 92.0 Å². The van der Waals surface area contributed by atoms with Crippen molar-refractivity contribution in [2.45, 2.75) is 51.4 Å². The van der Waals surface area contributed by atoms with Crippen molar-refractivity contribution in [1.82, 2.24) is 0 Å². The van der Waals surface area contributed by atoms with Crippen LogP contribution in [0.3, 0.4) is 0 Å². The molecule has 0 atom stereocenters. The van der Waals surface area contributed by atoms with Crippen molar-refractivity contribution in [3.05, 3.63) is 186 Å². The third-order valence-electron chi connectivity index (χ3n) is 13.3. The fourth-order valence-electron chi connectivity index (χ4n) is 9.21. The third kappa shape index (κ3) is 9.48. The molecule has 16 N–H and O–H groups in total. The SMILES string of the molecule is Oc1cc2c(O)cc1Cc1cc(O)c(cc1O)Cc1cc(O)c(cc1O)Cc1cc(O)c(cc1O)Cc1cc(O)c(cc1O)Cc1cc(O)c(cc1O)Cc1cc(O)c(cc1O)Cc1cc(O)c(cc1O)C2. The van der Waals surface area contributed by atoms with Crippen LogP contribution in [-0.4, -0.2) is 81.7 Å². The van der Waals surface area contributed by atoms with Gasteiger partial charge < -0.3 is 81.7 Å². The Kier molecular flexibility index (Phi) is 12.2. The van der Waals surface area contributed by atoms with E-state index in [4.69, 9.17) is 0 Å². The van der Waals surface area contributed by atoms with E-state index in [1.165, 1.54) is 97.1 Å². The molecule has 0 saturated carbocycles. The zero-order valence-corrected chi connectivity index (χ0v) is 38.0. The first-order valence-corrected chi connectivity index (χ1v) is 22.5. The number of benzene rings is 8. The van der Waals surface area contributed by atoms with Crippen molar-refractivity contribution in [2.75, 3.05) is 0 Å². The van der Waals surface area contributed by atoms with Gasteiger partial charge in [0.1, 0.15) is 92.0 Å². The van der Waals surface area contributed by atoms with Gasteiger partial charge in [-0.1, -0.05) is 0 Å². The maximum atomic E-state index is 11.0. The number of rotatable bonds is 0. The molecule has 8 aromatic carbocycles. The lowest BCUT2D eigenvalue weighted by Crippen LogP contribution is -1.99. The second-order valence-corrected chi connectivity index (χ2v) is 18.3. The summed E-state index contributed by atoms with van der Waals surface area (Å²) in [5, 5.41) is 177. The Bertz CT molecular complexity index is 2590. The molecule has 0 fully saturated rings. The molecule has 0 heterocycles. The largest absolute Gasteiger partial charge is 0.508 e. The van der Waals surface area contributed by atoms with Crippen LogP contribution in [0, 0.1) is 0 Å². The quantitative estimate of drug-likeness (QED) is 0.0640. The molecule has 0 unspecified atom stereocenters. The fraction of sp³-hybridized carbons (Fsp3) is 0.143. The molecule has 0 spiro atoms. The Morgan fingerprint density at radius 1 is 0.125 bits per heavy atom. The van der Waals surface area contributed by atoms with Crippen LogP contribution in [0.5, 0.6) is 92.0 Å². The van der Waals surface area contributed by atoms with Crippen LogP contribution >= 0.6 is 0 Å². The minimum atomic E-state index is -0.296. The summed E-state index contributed by atoms with van der Waals surface area (Å²) in [6.45, 7) is 0. The van der Waals surface area contributed by atoms with E-state index in [0.717, 1.165) is 0 Å². The van der Waals surface area contributed by atoms with Crippen molar-refractivity contribution >= 4 is 0 Å². The Balaban J connectivity index is 1.07. The van der Waals surface area contributed by atoms with Crippen LogP contribution in [0.4, 0.5) is 0 Å². The van der Waals surface area contributed by atoms with Crippen LogP contribution in [0.1, 0.15) is 89.0 Å². The summed E-state index contributed by atoms with van der Waals surface area (Å²) in [6.07, 6.45) is -1.29. The maximum absolute atomic E-state index is 11.0. The molecule has 368 valence electrons. The molecule has 22 aliphatic carbocycles. The maximum Gasteiger partial charge on any atom is 0.119 e. The van der Waals surface area contributed by atoms with E-state index in [1.807, 2.05) is 0 Å². The second-order valence-electron chi connectivity index (χ2n) is 18.3. The Labute approximate surface area is 409 Å². The molecule has 8 aromatic rings. The van der Waals surface area contributed by atoms with Gasteiger partial charge in [-0.25, -0.2) is 0 Å². The van der Waals surface area contributed by atoms with Gasteiger partial charge >= 0.3 is 0 Å². The first-order valence-electron chi connectivity index (χ1n) is 22.5. The van der Waals surface area contributed by atoms with E-state index >= 15 is 0 Å². The van der Waals surface area contributed by atoms with Crippen LogP contribution in [0.15, 0.2) is 97.1 Å². The predicted molar refractivity (Wildman–Crippen MR) is 261 cm³/mol. The molecule has 16 bridgehead atoms. The van der Waals surface area contributed by atoms with E-state index in [0.29, 0.717) is 0 Å². The smallest absolute Gasteiger partial charge is 0.119 e. The minimum absolute atomic E-state index is 0.161. The summed E-state index contributed by atoms with van der Waals surface area (Å²) in [6, 6.07) is 20.1. The number of aromatic hydroxyl groups is 16. The minimum Gasteiger partial charge on any atom is -0.508 e. The number of hydrogen-bond acceptors (Lipinski definition) is 16. The van der Waals surface area contributed by atoms with Gasteiger partial charge in [0.25, 0.3) is 0 Å². The number of phenols is 16. The second kappa shape index (κ2) is 18.5. The van der Waals surface area contributed by atoms with Gasteiger partial charge in [-0.05, 0) is 97.1 Å². The first-order chi connectivity index (χ1) is 34.2. The molecule has 16 nitrogen and oxygen atoms in total. The van der Waals surface area contributed by atoms with E-state index < -0.39 is 0 Å². The lowest BCUT2D eigenvalue weighted by molar-refractivity contribution is 0.439. The molecule has 72 heavy (non-hydrogen) atoms. The summed E-state index contributed by atoms with van der Waals surface area (Å²) in [4.78, 5) is 0. The van der Waals surface area contributed by atoms with Gasteiger partial charge in [0.05, 0.1) is 0 Å².